The highest BCUT2D eigenvalue weighted by atomic mass is 32.2. The van der Waals surface area contributed by atoms with Gasteiger partial charge in [0.05, 0.1) is 12.1 Å². The predicted molar refractivity (Wildman–Crippen MR) is 82.9 cm³/mol. The molecule has 1 aliphatic heterocycles. The number of amides is 1. The van der Waals surface area contributed by atoms with Gasteiger partial charge in [-0.25, -0.2) is 9.97 Å². The van der Waals surface area contributed by atoms with E-state index in [1.54, 1.807) is 24.2 Å². The van der Waals surface area contributed by atoms with E-state index in [2.05, 4.69) is 20.6 Å². The van der Waals surface area contributed by atoms with Crippen molar-refractivity contribution >= 4 is 29.2 Å². The van der Waals surface area contributed by atoms with E-state index in [0.717, 1.165) is 40.0 Å². The van der Waals surface area contributed by atoms with Crippen LogP contribution in [-0.2, 0) is 11.2 Å². The molecule has 0 atom stereocenters. The molecule has 1 aromatic heterocycles. The van der Waals surface area contributed by atoms with Gasteiger partial charge in [0.1, 0.15) is 5.03 Å². The number of nitrogens with zero attached hydrogens (tertiary/aromatic N) is 2. The minimum Gasteiger partial charge on any atom is -0.356 e. The largest absolute Gasteiger partial charge is 0.356 e. The molecule has 2 N–H and O–H groups in total. The van der Waals surface area contributed by atoms with Crippen LogP contribution in [-0.4, -0.2) is 22.4 Å². The first-order valence-electron chi connectivity index (χ1n) is 6.92. The van der Waals surface area contributed by atoms with Gasteiger partial charge in [0.25, 0.3) is 0 Å². The van der Waals surface area contributed by atoms with Crippen LogP contribution in [0.15, 0.2) is 40.5 Å². The van der Waals surface area contributed by atoms with Gasteiger partial charge in [-0.1, -0.05) is 24.8 Å². The van der Waals surface area contributed by atoms with Gasteiger partial charge >= 0.3 is 0 Å². The molecule has 0 radical (unpaired) electrons. The van der Waals surface area contributed by atoms with Crippen molar-refractivity contribution in [3.05, 3.63) is 36.2 Å². The van der Waals surface area contributed by atoms with Crippen LogP contribution in [0.4, 0.5) is 11.5 Å². The van der Waals surface area contributed by atoms with Crippen LogP contribution < -0.4 is 10.6 Å². The van der Waals surface area contributed by atoms with E-state index in [-0.39, 0.29) is 5.91 Å². The minimum absolute atomic E-state index is 0.0560. The Labute approximate surface area is 127 Å². The summed E-state index contributed by atoms with van der Waals surface area (Å²) in [5.74, 6) is 0.822. The van der Waals surface area contributed by atoms with E-state index in [4.69, 9.17) is 0 Å². The fourth-order valence-corrected chi connectivity index (χ4v) is 2.98. The van der Waals surface area contributed by atoms with Crippen LogP contribution in [0.1, 0.15) is 18.9 Å². The quantitative estimate of drug-likeness (QED) is 0.775. The van der Waals surface area contributed by atoms with Crippen LogP contribution >= 0.6 is 11.8 Å². The van der Waals surface area contributed by atoms with Gasteiger partial charge in [0, 0.05) is 23.8 Å². The second-order valence-electron chi connectivity index (χ2n) is 4.79. The second kappa shape index (κ2) is 6.13. The Balaban J connectivity index is 1.76. The summed E-state index contributed by atoms with van der Waals surface area (Å²) in [7, 11) is 0. The van der Waals surface area contributed by atoms with E-state index in [0.29, 0.717) is 6.42 Å². The van der Waals surface area contributed by atoms with Gasteiger partial charge in [0.2, 0.25) is 5.91 Å². The molecule has 2 aromatic rings. The highest BCUT2D eigenvalue weighted by Crippen LogP contribution is 2.41. The monoisotopic (exact) mass is 300 g/mol. The molecule has 3 rings (SSSR count). The fourth-order valence-electron chi connectivity index (χ4n) is 2.10. The maximum atomic E-state index is 11.8. The standard InChI is InChI=1S/C15H16N4OS/c1-2-5-16-13(20)9-10-3-4-12-11(8-10)19-14-15(21-12)18-7-6-17-14/h3-4,6-8H,2,5,9H2,1H3,(H,16,20)(H,17,19). The SMILES string of the molecule is CCCNC(=O)Cc1ccc2c(c1)Nc1nccnc1S2. The Kier molecular flexibility index (Phi) is 4.06. The summed E-state index contributed by atoms with van der Waals surface area (Å²) < 4.78 is 0. The van der Waals surface area contributed by atoms with Gasteiger partial charge in [-0.05, 0) is 24.1 Å². The number of hydrogen-bond donors (Lipinski definition) is 2. The molecule has 0 aliphatic carbocycles. The van der Waals surface area contributed by atoms with E-state index in [9.17, 15) is 4.79 Å². The second-order valence-corrected chi connectivity index (χ2v) is 5.83. The fraction of sp³-hybridized carbons (Fsp3) is 0.267. The first-order chi connectivity index (χ1) is 10.3. The number of carbonyl (C=O) groups excluding carboxylic acids is 1. The van der Waals surface area contributed by atoms with Crippen molar-refractivity contribution in [3.8, 4) is 0 Å². The molecule has 1 amide bonds. The summed E-state index contributed by atoms with van der Waals surface area (Å²) in [5, 5.41) is 7.03. The molecule has 2 heterocycles. The molecular formula is C15H16N4OS. The van der Waals surface area contributed by atoms with E-state index < -0.39 is 0 Å². The third kappa shape index (κ3) is 3.16. The molecule has 0 fully saturated rings. The van der Waals surface area contributed by atoms with Crippen molar-refractivity contribution in [2.45, 2.75) is 29.7 Å². The zero-order valence-electron chi connectivity index (χ0n) is 11.7. The van der Waals surface area contributed by atoms with E-state index in [1.807, 2.05) is 25.1 Å². The molecule has 0 spiro atoms. The topological polar surface area (TPSA) is 66.9 Å². The maximum absolute atomic E-state index is 11.8. The lowest BCUT2D eigenvalue weighted by Gasteiger charge is -2.19. The van der Waals surface area contributed by atoms with E-state index >= 15 is 0 Å². The smallest absolute Gasteiger partial charge is 0.224 e. The Bertz CT molecular complexity index is 674. The summed E-state index contributed by atoms with van der Waals surface area (Å²) in [6.45, 7) is 2.76. The number of fused-ring (bicyclic) bond motifs is 2. The number of benzene rings is 1. The molecule has 0 bridgehead atoms. The van der Waals surface area contributed by atoms with Crippen molar-refractivity contribution < 1.29 is 4.79 Å². The number of aromatic nitrogens is 2. The molecule has 5 nitrogen and oxygen atoms in total. The first-order valence-corrected chi connectivity index (χ1v) is 7.73. The highest BCUT2D eigenvalue weighted by Gasteiger charge is 2.18. The minimum atomic E-state index is 0.0560. The molecular weight excluding hydrogens is 284 g/mol. The van der Waals surface area contributed by atoms with Gasteiger partial charge in [0.15, 0.2) is 5.82 Å². The van der Waals surface area contributed by atoms with Crippen LogP contribution in [0.5, 0.6) is 0 Å². The Morgan fingerprint density at radius 3 is 3.05 bits per heavy atom. The normalized spacial score (nSPS) is 12.0. The van der Waals surface area contributed by atoms with Crippen molar-refractivity contribution in [1.29, 1.82) is 0 Å². The molecule has 21 heavy (non-hydrogen) atoms. The lowest BCUT2D eigenvalue weighted by molar-refractivity contribution is -0.120. The lowest BCUT2D eigenvalue weighted by Crippen LogP contribution is -2.25. The Hall–Kier alpha value is -2.08. The van der Waals surface area contributed by atoms with Crippen molar-refractivity contribution in [2.75, 3.05) is 11.9 Å². The van der Waals surface area contributed by atoms with Crippen LogP contribution in [0, 0.1) is 0 Å². The van der Waals surface area contributed by atoms with Gasteiger partial charge in [-0.15, -0.1) is 0 Å². The molecule has 0 saturated carbocycles. The number of carbonyl (C=O) groups is 1. The molecule has 0 saturated heterocycles. The maximum Gasteiger partial charge on any atom is 0.224 e. The average Bonchev–Trinajstić information content (AvgIpc) is 2.51. The van der Waals surface area contributed by atoms with Crippen molar-refractivity contribution in [3.63, 3.8) is 0 Å². The highest BCUT2D eigenvalue weighted by molar-refractivity contribution is 7.99. The number of anilines is 2. The zero-order chi connectivity index (χ0) is 14.7. The molecule has 1 aliphatic rings. The number of rotatable bonds is 4. The molecule has 6 heteroatoms. The summed E-state index contributed by atoms with van der Waals surface area (Å²) in [5.41, 5.74) is 1.97. The van der Waals surface area contributed by atoms with E-state index in [1.165, 1.54) is 0 Å². The van der Waals surface area contributed by atoms with Gasteiger partial charge in [-0.3, -0.25) is 4.79 Å². The van der Waals surface area contributed by atoms with Crippen LogP contribution in [0.25, 0.3) is 0 Å². The van der Waals surface area contributed by atoms with Crippen molar-refractivity contribution in [1.82, 2.24) is 15.3 Å². The van der Waals surface area contributed by atoms with Crippen molar-refractivity contribution in [2.24, 2.45) is 0 Å². The summed E-state index contributed by atoms with van der Waals surface area (Å²) >= 11 is 1.59. The summed E-state index contributed by atoms with van der Waals surface area (Å²) in [4.78, 5) is 21.4. The third-order valence-electron chi connectivity index (χ3n) is 3.11. The Morgan fingerprint density at radius 1 is 1.33 bits per heavy atom. The number of hydrogen-bond acceptors (Lipinski definition) is 5. The zero-order valence-corrected chi connectivity index (χ0v) is 12.5. The molecule has 1 aromatic carbocycles. The van der Waals surface area contributed by atoms with Gasteiger partial charge in [-0.2, -0.15) is 0 Å². The van der Waals surface area contributed by atoms with Crippen LogP contribution in [0.3, 0.4) is 0 Å². The summed E-state index contributed by atoms with van der Waals surface area (Å²) in [6, 6.07) is 6.01. The number of nitrogens with one attached hydrogen (secondary N) is 2. The predicted octanol–water partition coefficient (Wildman–Crippen LogP) is 2.75. The third-order valence-corrected chi connectivity index (χ3v) is 4.17. The lowest BCUT2D eigenvalue weighted by atomic mass is 10.1. The first kappa shape index (κ1) is 13.9. The molecule has 0 unspecified atom stereocenters. The van der Waals surface area contributed by atoms with Crippen LogP contribution in [0.2, 0.25) is 0 Å². The Morgan fingerprint density at radius 2 is 2.19 bits per heavy atom. The van der Waals surface area contributed by atoms with Gasteiger partial charge < -0.3 is 10.6 Å². The average molecular weight is 300 g/mol. The molecule has 108 valence electrons. The summed E-state index contributed by atoms with van der Waals surface area (Å²) in [6.07, 6.45) is 4.70.